The summed E-state index contributed by atoms with van der Waals surface area (Å²) in [7, 11) is 0. The van der Waals surface area contributed by atoms with Crippen LogP contribution in [0.1, 0.15) is 12.6 Å². The van der Waals surface area contributed by atoms with Crippen molar-refractivity contribution >= 4 is 60.9 Å². The molecule has 29 heavy (non-hydrogen) atoms. The smallest absolute Gasteiger partial charge is 0.263 e. The van der Waals surface area contributed by atoms with Gasteiger partial charge in [0, 0.05) is 45.8 Å². The molecule has 0 spiro atoms. The molecule has 0 saturated carbocycles. The number of thiazole rings is 1. The van der Waals surface area contributed by atoms with Crippen LogP contribution in [-0.2, 0) is 12.3 Å². The second kappa shape index (κ2) is 7.52. The molecule has 5 aromatic rings. The van der Waals surface area contributed by atoms with Crippen LogP contribution in [0.4, 0.5) is 0 Å². The van der Waals surface area contributed by atoms with Gasteiger partial charge in [-0.15, -0.1) is 34.0 Å². The highest BCUT2D eigenvalue weighted by atomic mass is 32.2. The van der Waals surface area contributed by atoms with E-state index in [1.807, 2.05) is 35.2 Å². The molecule has 0 bridgehead atoms. The van der Waals surface area contributed by atoms with Gasteiger partial charge in [-0.25, -0.2) is 9.97 Å². The Balaban J connectivity index is 1.54. The third kappa shape index (κ3) is 3.25. The highest BCUT2D eigenvalue weighted by Gasteiger charge is 2.17. The van der Waals surface area contributed by atoms with E-state index >= 15 is 0 Å². The first kappa shape index (κ1) is 18.7. The van der Waals surface area contributed by atoms with Gasteiger partial charge in [0.1, 0.15) is 4.83 Å². The molecule has 0 amide bonds. The predicted octanol–water partition coefficient (Wildman–Crippen LogP) is 4.57. The van der Waals surface area contributed by atoms with Gasteiger partial charge in [0.15, 0.2) is 10.1 Å². The molecule has 0 aliphatic rings. The number of aromatic nitrogens is 4. The molecule has 0 unspecified atom stereocenters. The Hall–Kier alpha value is -2.27. The number of hydrogen-bond donors (Lipinski definition) is 0. The zero-order valence-electron chi connectivity index (χ0n) is 15.2. The van der Waals surface area contributed by atoms with Crippen molar-refractivity contribution in [3.05, 3.63) is 66.9 Å². The van der Waals surface area contributed by atoms with Gasteiger partial charge in [-0.3, -0.25) is 18.6 Å². The van der Waals surface area contributed by atoms with Gasteiger partial charge in [-0.1, -0.05) is 17.8 Å². The Morgan fingerprint density at radius 1 is 1.14 bits per heavy atom. The zero-order valence-corrected chi connectivity index (χ0v) is 18.5. The summed E-state index contributed by atoms with van der Waals surface area (Å²) in [6.45, 7) is 2.47. The number of nitrogens with zero attached hydrogens (tertiary/aromatic N) is 4. The molecule has 10 heteroatoms. The summed E-state index contributed by atoms with van der Waals surface area (Å²) in [4.78, 5) is 37.2. The van der Waals surface area contributed by atoms with E-state index < -0.39 is 0 Å². The summed E-state index contributed by atoms with van der Waals surface area (Å²) in [5.41, 5.74) is 1.52. The molecule has 0 N–H and O–H groups in total. The third-order valence-electron chi connectivity index (χ3n) is 4.47. The molecule has 5 aromatic heterocycles. The molecule has 6 nitrogen and oxygen atoms in total. The van der Waals surface area contributed by atoms with Gasteiger partial charge >= 0.3 is 0 Å². The minimum Gasteiger partial charge on any atom is -0.287 e. The minimum absolute atomic E-state index is 0.0219. The van der Waals surface area contributed by atoms with Crippen molar-refractivity contribution in [3.63, 3.8) is 0 Å². The molecule has 0 radical (unpaired) electrons. The van der Waals surface area contributed by atoms with Gasteiger partial charge in [0.25, 0.3) is 11.1 Å². The van der Waals surface area contributed by atoms with Crippen molar-refractivity contribution in [1.82, 2.24) is 18.9 Å². The zero-order chi connectivity index (χ0) is 20.0. The first-order valence-electron chi connectivity index (χ1n) is 8.80. The summed E-state index contributed by atoms with van der Waals surface area (Å²) < 4.78 is 3.23. The Bertz CT molecular complexity index is 1440. The quantitative estimate of drug-likeness (QED) is 0.285. The van der Waals surface area contributed by atoms with Crippen LogP contribution >= 0.6 is 45.8 Å². The van der Waals surface area contributed by atoms with E-state index in [1.165, 1.54) is 38.8 Å². The van der Waals surface area contributed by atoms with Crippen LogP contribution in [0.15, 0.2) is 55.3 Å². The largest absolute Gasteiger partial charge is 0.287 e. The lowest BCUT2D eigenvalue weighted by molar-refractivity contribution is 0.635. The fourth-order valence-corrected chi connectivity index (χ4v) is 6.61. The van der Waals surface area contributed by atoms with Crippen molar-refractivity contribution in [1.29, 1.82) is 0 Å². The summed E-state index contributed by atoms with van der Waals surface area (Å²) in [5, 5.41) is 7.19. The number of hydrogen-bond acceptors (Lipinski definition) is 8. The Labute approximate surface area is 181 Å². The molecule has 5 heterocycles. The maximum Gasteiger partial charge on any atom is 0.263 e. The SMILES string of the molecule is CCn1c(SCc2cc(=O)n3ccsc3n2)nc2scc(-c3cccs3)c2c1=O. The normalized spacial score (nSPS) is 11.6. The van der Waals surface area contributed by atoms with Gasteiger partial charge in [0.2, 0.25) is 0 Å². The lowest BCUT2D eigenvalue weighted by Gasteiger charge is -2.10. The van der Waals surface area contributed by atoms with E-state index in [2.05, 4.69) is 4.98 Å². The molecule has 0 aromatic carbocycles. The van der Waals surface area contributed by atoms with Crippen molar-refractivity contribution in [2.75, 3.05) is 0 Å². The predicted molar refractivity (Wildman–Crippen MR) is 122 cm³/mol. The highest BCUT2D eigenvalue weighted by molar-refractivity contribution is 7.98. The summed E-state index contributed by atoms with van der Waals surface area (Å²) >= 11 is 5.97. The fraction of sp³-hybridized carbons (Fsp3) is 0.158. The first-order valence-corrected chi connectivity index (χ1v) is 12.4. The second-order valence-electron chi connectivity index (χ2n) is 6.18. The fourth-order valence-electron chi connectivity index (χ4n) is 3.11. The average Bonchev–Trinajstić information content (AvgIpc) is 3.45. The molecule has 0 fully saturated rings. The van der Waals surface area contributed by atoms with Crippen LogP contribution in [0.5, 0.6) is 0 Å². The van der Waals surface area contributed by atoms with Crippen molar-refractivity contribution in [2.24, 2.45) is 0 Å². The minimum atomic E-state index is -0.0954. The molecule has 146 valence electrons. The molecular formula is C19H14N4O2S4. The Morgan fingerprint density at radius 3 is 2.83 bits per heavy atom. The van der Waals surface area contributed by atoms with Crippen LogP contribution in [-0.4, -0.2) is 18.9 Å². The monoisotopic (exact) mass is 458 g/mol. The van der Waals surface area contributed by atoms with Crippen LogP contribution in [0, 0.1) is 0 Å². The first-order chi connectivity index (χ1) is 14.2. The van der Waals surface area contributed by atoms with Crippen LogP contribution in [0.25, 0.3) is 25.6 Å². The molecule has 0 aliphatic carbocycles. The summed E-state index contributed by atoms with van der Waals surface area (Å²) in [6, 6.07) is 5.55. The Morgan fingerprint density at radius 2 is 2.03 bits per heavy atom. The number of thioether (sulfide) groups is 1. The molecule has 0 saturated heterocycles. The molecule has 0 aliphatic heterocycles. The number of fused-ring (bicyclic) bond motifs is 2. The summed E-state index contributed by atoms with van der Waals surface area (Å²) in [6.07, 6.45) is 1.72. The Kier molecular flexibility index (Phi) is 4.86. The lowest BCUT2D eigenvalue weighted by atomic mass is 10.2. The van der Waals surface area contributed by atoms with Crippen LogP contribution < -0.4 is 11.1 Å². The third-order valence-corrected chi connectivity index (χ3v) is 8.01. The second-order valence-corrected chi connectivity index (χ2v) is 9.80. The van der Waals surface area contributed by atoms with Crippen molar-refractivity contribution < 1.29 is 0 Å². The van der Waals surface area contributed by atoms with E-state index in [9.17, 15) is 9.59 Å². The lowest BCUT2D eigenvalue weighted by Crippen LogP contribution is -2.22. The van der Waals surface area contributed by atoms with Gasteiger partial charge in [-0.2, -0.15) is 0 Å². The van der Waals surface area contributed by atoms with Crippen molar-refractivity contribution in [3.8, 4) is 10.4 Å². The van der Waals surface area contributed by atoms with Gasteiger partial charge < -0.3 is 0 Å². The van der Waals surface area contributed by atoms with Crippen molar-refractivity contribution in [2.45, 2.75) is 24.4 Å². The van der Waals surface area contributed by atoms with E-state index in [4.69, 9.17) is 4.98 Å². The maximum atomic E-state index is 13.2. The molecular weight excluding hydrogens is 445 g/mol. The van der Waals surface area contributed by atoms with E-state index in [1.54, 1.807) is 28.2 Å². The van der Waals surface area contributed by atoms with Crippen LogP contribution in [0.3, 0.4) is 0 Å². The molecule has 5 rings (SSSR count). The maximum absolute atomic E-state index is 13.2. The van der Waals surface area contributed by atoms with E-state index in [0.29, 0.717) is 33.5 Å². The molecule has 0 atom stereocenters. The summed E-state index contributed by atoms with van der Waals surface area (Å²) in [5.74, 6) is 0.477. The van der Waals surface area contributed by atoms with Crippen LogP contribution in [0.2, 0.25) is 0 Å². The average molecular weight is 459 g/mol. The number of rotatable bonds is 5. The van der Waals surface area contributed by atoms with E-state index in [-0.39, 0.29) is 11.1 Å². The highest BCUT2D eigenvalue weighted by Crippen LogP contribution is 2.34. The van der Waals surface area contributed by atoms with Gasteiger partial charge in [-0.05, 0) is 18.4 Å². The topological polar surface area (TPSA) is 69.3 Å². The van der Waals surface area contributed by atoms with Gasteiger partial charge in [0.05, 0.1) is 11.1 Å². The van der Waals surface area contributed by atoms with E-state index in [0.717, 1.165) is 15.3 Å². The number of thiophene rings is 2. The standard InChI is InChI=1S/C19H14N4O2S4/c1-2-22-17(25)15-12(13-4-3-6-26-13)10-28-16(15)21-19(22)29-9-11-8-14(24)23-5-7-27-18(23)20-11/h3-8,10H,2,9H2,1H3.